The first kappa shape index (κ1) is 27.1. The fraction of sp³-hybridized carbons (Fsp3) is 0.115. The fourth-order valence-electron chi connectivity index (χ4n) is 3.11. The van der Waals surface area contributed by atoms with Crippen molar-refractivity contribution in [3.8, 4) is 17.6 Å². The number of methoxy groups -OCH3 is 1. The van der Waals surface area contributed by atoms with Crippen LogP contribution in [-0.2, 0) is 15.8 Å². The Kier molecular flexibility index (Phi) is 8.77. The van der Waals surface area contributed by atoms with Gasteiger partial charge in [-0.1, -0.05) is 35.9 Å². The smallest absolute Gasteiger partial charge is 0.416 e. The number of nitrogens with zero attached hydrogens (tertiary/aromatic N) is 1. The monoisotopic (exact) mass is 529 g/mol. The van der Waals surface area contributed by atoms with E-state index in [0.717, 1.165) is 18.2 Å². The molecule has 3 aromatic rings. The molecule has 3 aromatic carbocycles. The van der Waals surface area contributed by atoms with Crippen molar-refractivity contribution in [3.63, 3.8) is 0 Å². The van der Waals surface area contributed by atoms with E-state index in [1.54, 1.807) is 36.4 Å². The number of halogens is 4. The molecule has 3 rings (SSSR count). The molecule has 0 aromatic heterocycles. The molecule has 2 N–H and O–H groups in total. The number of para-hydroxylation sites is 1. The topological polar surface area (TPSA) is 100 Å². The van der Waals surface area contributed by atoms with Crippen LogP contribution in [0.4, 0.5) is 24.5 Å². The normalized spacial score (nSPS) is 11.3. The van der Waals surface area contributed by atoms with E-state index in [9.17, 15) is 28.0 Å². The highest BCUT2D eigenvalue weighted by Gasteiger charge is 2.30. The molecule has 2 amide bonds. The summed E-state index contributed by atoms with van der Waals surface area (Å²) >= 11 is 6.30. The van der Waals surface area contributed by atoms with Crippen LogP contribution < -0.4 is 20.1 Å². The molecule has 0 atom stereocenters. The lowest BCUT2D eigenvalue weighted by atomic mass is 10.1. The number of nitriles is 1. The van der Waals surface area contributed by atoms with E-state index >= 15 is 0 Å². The maximum Gasteiger partial charge on any atom is 0.416 e. The molecule has 0 heterocycles. The molecule has 0 saturated heterocycles. The lowest BCUT2D eigenvalue weighted by molar-refractivity contribution is -0.137. The van der Waals surface area contributed by atoms with E-state index in [0.29, 0.717) is 5.69 Å². The van der Waals surface area contributed by atoms with Crippen molar-refractivity contribution in [3.05, 3.63) is 88.5 Å². The predicted octanol–water partition coefficient (Wildman–Crippen LogP) is 5.93. The van der Waals surface area contributed by atoms with Gasteiger partial charge >= 0.3 is 6.18 Å². The van der Waals surface area contributed by atoms with Crippen LogP contribution in [0.5, 0.6) is 11.5 Å². The molecule has 0 spiro atoms. The molecule has 0 aliphatic rings. The zero-order chi connectivity index (χ0) is 27.0. The van der Waals surface area contributed by atoms with Gasteiger partial charge in [0.15, 0.2) is 18.1 Å². The van der Waals surface area contributed by atoms with Crippen molar-refractivity contribution < 1.29 is 32.2 Å². The van der Waals surface area contributed by atoms with Gasteiger partial charge in [0.1, 0.15) is 11.6 Å². The molecule has 0 saturated carbocycles. The number of hydrogen-bond acceptors (Lipinski definition) is 5. The van der Waals surface area contributed by atoms with Gasteiger partial charge < -0.3 is 20.1 Å². The van der Waals surface area contributed by atoms with Crippen molar-refractivity contribution in [2.24, 2.45) is 0 Å². The second-order valence-corrected chi connectivity index (χ2v) is 7.85. The fourth-order valence-corrected chi connectivity index (χ4v) is 3.38. The number of benzene rings is 3. The lowest BCUT2D eigenvalue weighted by Gasteiger charge is -2.13. The average molecular weight is 530 g/mol. The molecule has 37 heavy (non-hydrogen) atoms. The Labute approximate surface area is 215 Å². The van der Waals surface area contributed by atoms with Crippen LogP contribution >= 0.6 is 11.6 Å². The van der Waals surface area contributed by atoms with Crippen molar-refractivity contribution in [1.29, 1.82) is 5.26 Å². The highest BCUT2D eigenvalue weighted by Crippen LogP contribution is 2.37. The third-order valence-electron chi connectivity index (χ3n) is 4.78. The van der Waals surface area contributed by atoms with Crippen LogP contribution in [0.15, 0.2) is 72.3 Å². The Morgan fingerprint density at radius 3 is 2.38 bits per heavy atom. The first-order valence-corrected chi connectivity index (χ1v) is 10.9. The first-order valence-electron chi connectivity index (χ1n) is 10.6. The Morgan fingerprint density at radius 2 is 1.73 bits per heavy atom. The molecule has 0 radical (unpaired) electrons. The zero-order valence-electron chi connectivity index (χ0n) is 19.2. The number of alkyl halides is 3. The van der Waals surface area contributed by atoms with Crippen LogP contribution in [-0.4, -0.2) is 25.5 Å². The Bertz CT molecular complexity index is 1370. The quantitative estimate of drug-likeness (QED) is 0.278. The number of nitrogens with one attached hydrogen (secondary N) is 2. The summed E-state index contributed by atoms with van der Waals surface area (Å²) in [6.07, 6.45) is -3.41. The Balaban J connectivity index is 1.75. The third-order valence-corrected chi connectivity index (χ3v) is 5.06. The summed E-state index contributed by atoms with van der Waals surface area (Å²) in [5.74, 6) is -1.17. The average Bonchev–Trinajstić information content (AvgIpc) is 2.86. The molecule has 0 unspecified atom stereocenters. The zero-order valence-corrected chi connectivity index (χ0v) is 20.0. The van der Waals surface area contributed by atoms with Crippen molar-refractivity contribution >= 4 is 40.9 Å². The molecule has 11 heteroatoms. The van der Waals surface area contributed by atoms with Crippen molar-refractivity contribution in [1.82, 2.24) is 0 Å². The van der Waals surface area contributed by atoms with Gasteiger partial charge in [0.05, 0.1) is 17.7 Å². The molecular weight excluding hydrogens is 511 g/mol. The van der Waals surface area contributed by atoms with E-state index in [4.69, 9.17) is 21.1 Å². The maximum atomic E-state index is 12.9. The van der Waals surface area contributed by atoms with Crippen LogP contribution in [0.3, 0.4) is 0 Å². The van der Waals surface area contributed by atoms with Crippen LogP contribution in [0.2, 0.25) is 5.02 Å². The van der Waals surface area contributed by atoms with Gasteiger partial charge in [-0.3, -0.25) is 9.59 Å². The van der Waals surface area contributed by atoms with Gasteiger partial charge in [-0.25, -0.2) is 0 Å². The van der Waals surface area contributed by atoms with Crippen LogP contribution in [0, 0.1) is 11.3 Å². The highest BCUT2D eigenvalue weighted by molar-refractivity contribution is 6.32. The minimum atomic E-state index is -4.59. The summed E-state index contributed by atoms with van der Waals surface area (Å²) in [7, 11) is 1.33. The summed E-state index contributed by atoms with van der Waals surface area (Å²) in [6, 6.07) is 17.3. The molecular formula is C26H19ClF3N3O4. The maximum absolute atomic E-state index is 12.9. The Hall–Kier alpha value is -4.49. The summed E-state index contributed by atoms with van der Waals surface area (Å²) in [4.78, 5) is 24.7. The van der Waals surface area contributed by atoms with E-state index in [-0.39, 0.29) is 34.4 Å². The second-order valence-electron chi connectivity index (χ2n) is 7.44. The van der Waals surface area contributed by atoms with E-state index in [1.807, 2.05) is 0 Å². The highest BCUT2D eigenvalue weighted by atomic mass is 35.5. The van der Waals surface area contributed by atoms with Gasteiger partial charge in [-0.15, -0.1) is 0 Å². The van der Waals surface area contributed by atoms with Crippen LogP contribution in [0.25, 0.3) is 6.08 Å². The third kappa shape index (κ3) is 7.49. The number of anilines is 2. The van der Waals surface area contributed by atoms with Gasteiger partial charge in [-0.2, -0.15) is 18.4 Å². The number of rotatable bonds is 8. The van der Waals surface area contributed by atoms with Gasteiger partial charge in [0.2, 0.25) is 0 Å². The number of hydrogen-bond donors (Lipinski definition) is 2. The summed E-state index contributed by atoms with van der Waals surface area (Å²) < 4.78 is 49.6. The van der Waals surface area contributed by atoms with E-state index in [1.165, 1.54) is 31.4 Å². The van der Waals surface area contributed by atoms with Gasteiger partial charge in [0, 0.05) is 11.4 Å². The van der Waals surface area contributed by atoms with E-state index in [2.05, 4.69) is 10.6 Å². The number of carbonyl (C=O) groups excluding carboxylic acids is 2. The lowest BCUT2D eigenvalue weighted by Crippen LogP contribution is -2.20. The first-order chi connectivity index (χ1) is 17.6. The Morgan fingerprint density at radius 1 is 1.03 bits per heavy atom. The minimum absolute atomic E-state index is 0.0358. The molecule has 0 aliphatic heterocycles. The largest absolute Gasteiger partial charge is 0.493 e. The van der Waals surface area contributed by atoms with Crippen molar-refractivity contribution in [2.75, 3.05) is 24.4 Å². The standard InChI is InChI=1S/C26H19ClF3N3O4/c1-36-22-12-16(11-21(27)24(22)37-15-23(34)32-19-7-3-2-4-8-19)10-17(14-31)25(35)33-20-9-5-6-18(13-20)26(28,29)30/h2-13H,15H2,1H3,(H,32,34)(H,33,35)/b17-10+. The van der Waals surface area contributed by atoms with E-state index < -0.39 is 29.1 Å². The minimum Gasteiger partial charge on any atom is -0.493 e. The van der Waals surface area contributed by atoms with Crippen molar-refractivity contribution in [2.45, 2.75) is 6.18 Å². The molecule has 190 valence electrons. The van der Waals surface area contributed by atoms with Gasteiger partial charge in [-0.05, 0) is 54.1 Å². The number of ether oxygens (including phenoxy) is 2. The summed E-state index contributed by atoms with van der Waals surface area (Å²) in [6.45, 7) is -0.372. The molecule has 7 nitrogen and oxygen atoms in total. The predicted molar refractivity (Wildman–Crippen MR) is 132 cm³/mol. The molecule has 0 bridgehead atoms. The molecule has 0 fully saturated rings. The summed E-state index contributed by atoms with van der Waals surface area (Å²) in [5, 5.41) is 14.4. The number of carbonyl (C=O) groups is 2. The number of amides is 2. The second kappa shape index (κ2) is 12.0. The van der Waals surface area contributed by atoms with Crippen LogP contribution in [0.1, 0.15) is 11.1 Å². The SMILES string of the molecule is COc1cc(/C=C(\C#N)C(=O)Nc2cccc(C(F)(F)F)c2)cc(Cl)c1OCC(=O)Nc1ccccc1. The van der Waals surface area contributed by atoms with Gasteiger partial charge in [0.25, 0.3) is 11.8 Å². The summed E-state index contributed by atoms with van der Waals surface area (Å²) in [5.41, 5.74) is -0.612. The molecule has 0 aliphatic carbocycles.